The molecule has 2 nitrogen and oxygen atoms in total. The van der Waals surface area contributed by atoms with E-state index in [4.69, 9.17) is 0 Å². The standard InChI is InChI=1S/C15H24FNO/c1-4-12(3)17(5-2)11-10-15(18)13-6-8-14(16)9-7-13/h6-9,12,15,18H,4-5,10-11H2,1-3H3. The van der Waals surface area contributed by atoms with E-state index in [1.165, 1.54) is 12.1 Å². The van der Waals surface area contributed by atoms with E-state index in [0.717, 1.165) is 25.1 Å². The first-order chi connectivity index (χ1) is 8.58. The summed E-state index contributed by atoms with van der Waals surface area (Å²) in [4.78, 5) is 2.35. The minimum absolute atomic E-state index is 0.263. The normalized spacial score (nSPS) is 14.8. The first kappa shape index (κ1) is 15.1. The molecule has 0 fully saturated rings. The van der Waals surface area contributed by atoms with E-state index >= 15 is 0 Å². The van der Waals surface area contributed by atoms with Gasteiger partial charge in [0, 0.05) is 12.6 Å². The molecule has 1 aromatic carbocycles. The van der Waals surface area contributed by atoms with E-state index < -0.39 is 6.10 Å². The third kappa shape index (κ3) is 4.39. The van der Waals surface area contributed by atoms with Gasteiger partial charge in [-0.3, -0.25) is 0 Å². The summed E-state index contributed by atoms with van der Waals surface area (Å²) in [6, 6.07) is 6.63. The summed E-state index contributed by atoms with van der Waals surface area (Å²) in [5, 5.41) is 10.1. The van der Waals surface area contributed by atoms with Crippen molar-refractivity contribution in [3.8, 4) is 0 Å². The lowest BCUT2D eigenvalue weighted by molar-refractivity contribution is 0.128. The molecular formula is C15H24FNO. The van der Waals surface area contributed by atoms with Gasteiger partial charge in [-0.05, 0) is 44.0 Å². The molecular weight excluding hydrogens is 229 g/mol. The van der Waals surface area contributed by atoms with Gasteiger partial charge in [-0.25, -0.2) is 4.39 Å². The van der Waals surface area contributed by atoms with E-state index in [1.54, 1.807) is 12.1 Å². The van der Waals surface area contributed by atoms with Crippen molar-refractivity contribution in [2.24, 2.45) is 0 Å². The third-order valence-electron chi connectivity index (χ3n) is 3.56. The lowest BCUT2D eigenvalue weighted by Gasteiger charge is -2.27. The van der Waals surface area contributed by atoms with Gasteiger partial charge < -0.3 is 10.0 Å². The Morgan fingerprint density at radius 3 is 2.33 bits per heavy atom. The zero-order valence-electron chi connectivity index (χ0n) is 11.6. The Hall–Kier alpha value is -0.930. The van der Waals surface area contributed by atoms with Crippen LogP contribution in [0.2, 0.25) is 0 Å². The first-order valence-electron chi connectivity index (χ1n) is 6.76. The van der Waals surface area contributed by atoms with Crippen LogP contribution in [0.5, 0.6) is 0 Å². The second-order valence-corrected chi connectivity index (χ2v) is 4.74. The topological polar surface area (TPSA) is 23.5 Å². The zero-order chi connectivity index (χ0) is 13.5. The van der Waals surface area contributed by atoms with Crippen LogP contribution < -0.4 is 0 Å². The fourth-order valence-corrected chi connectivity index (χ4v) is 2.09. The fourth-order valence-electron chi connectivity index (χ4n) is 2.09. The molecule has 0 amide bonds. The molecule has 2 unspecified atom stereocenters. The Bertz CT molecular complexity index is 339. The van der Waals surface area contributed by atoms with E-state index in [-0.39, 0.29) is 5.82 Å². The molecule has 0 aliphatic carbocycles. The van der Waals surface area contributed by atoms with Crippen LogP contribution in [0.25, 0.3) is 0 Å². The Kier molecular flexibility index (Phi) is 6.30. The Balaban J connectivity index is 2.49. The summed E-state index contributed by atoms with van der Waals surface area (Å²) in [5.41, 5.74) is 0.789. The number of hydrogen-bond donors (Lipinski definition) is 1. The highest BCUT2D eigenvalue weighted by molar-refractivity contribution is 5.18. The van der Waals surface area contributed by atoms with Crippen molar-refractivity contribution in [3.63, 3.8) is 0 Å². The second kappa shape index (κ2) is 7.49. The molecule has 18 heavy (non-hydrogen) atoms. The van der Waals surface area contributed by atoms with E-state index in [2.05, 4.69) is 25.7 Å². The first-order valence-corrected chi connectivity index (χ1v) is 6.76. The van der Waals surface area contributed by atoms with Crippen LogP contribution in [0.4, 0.5) is 4.39 Å². The lowest BCUT2D eigenvalue weighted by Crippen LogP contribution is -2.33. The SMILES string of the molecule is CCC(C)N(CC)CCC(O)c1ccc(F)cc1. The van der Waals surface area contributed by atoms with E-state index in [0.29, 0.717) is 12.5 Å². The van der Waals surface area contributed by atoms with Gasteiger partial charge in [-0.1, -0.05) is 26.0 Å². The second-order valence-electron chi connectivity index (χ2n) is 4.74. The highest BCUT2D eigenvalue weighted by atomic mass is 19.1. The molecule has 2 atom stereocenters. The smallest absolute Gasteiger partial charge is 0.123 e. The van der Waals surface area contributed by atoms with Gasteiger partial charge in [0.15, 0.2) is 0 Å². The lowest BCUT2D eigenvalue weighted by atomic mass is 10.1. The summed E-state index contributed by atoms with van der Waals surface area (Å²) in [5.74, 6) is -0.263. The summed E-state index contributed by atoms with van der Waals surface area (Å²) in [7, 11) is 0. The van der Waals surface area contributed by atoms with Gasteiger partial charge in [-0.15, -0.1) is 0 Å². The number of aliphatic hydroxyl groups is 1. The molecule has 1 rings (SSSR count). The van der Waals surface area contributed by atoms with Crippen molar-refractivity contribution in [1.29, 1.82) is 0 Å². The summed E-state index contributed by atoms with van der Waals surface area (Å²) >= 11 is 0. The average molecular weight is 253 g/mol. The maximum Gasteiger partial charge on any atom is 0.123 e. The van der Waals surface area contributed by atoms with Crippen molar-refractivity contribution in [1.82, 2.24) is 4.90 Å². The maximum absolute atomic E-state index is 12.8. The highest BCUT2D eigenvalue weighted by Gasteiger charge is 2.13. The van der Waals surface area contributed by atoms with Gasteiger partial charge in [-0.2, -0.15) is 0 Å². The van der Waals surface area contributed by atoms with Gasteiger partial charge in [0.2, 0.25) is 0 Å². The van der Waals surface area contributed by atoms with Crippen molar-refractivity contribution in [2.75, 3.05) is 13.1 Å². The number of halogens is 1. The van der Waals surface area contributed by atoms with Gasteiger partial charge in [0.1, 0.15) is 5.82 Å². The van der Waals surface area contributed by atoms with Crippen LogP contribution in [0.3, 0.4) is 0 Å². The summed E-state index contributed by atoms with van der Waals surface area (Å²) < 4.78 is 12.8. The number of aliphatic hydroxyl groups excluding tert-OH is 1. The van der Waals surface area contributed by atoms with Gasteiger partial charge >= 0.3 is 0 Å². The van der Waals surface area contributed by atoms with E-state index in [1.807, 2.05) is 0 Å². The van der Waals surface area contributed by atoms with Crippen molar-refractivity contribution in [2.45, 2.75) is 45.8 Å². The Morgan fingerprint density at radius 1 is 1.22 bits per heavy atom. The summed E-state index contributed by atoms with van der Waals surface area (Å²) in [6.45, 7) is 8.36. The van der Waals surface area contributed by atoms with E-state index in [9.17, 15) is 9.50 Å². The predicted molar refractivity (Wildman–Crippen MR) is 73.0 cm³/mol. The van der Waals surface area contributed by atoms with Crippen molar-refractivity contribution < 1.29 is 9.50 Å². The molecule has 102 valence electrons. The summed E-state index contributed by atoms with van der Waals surface area (Å²) in [6.07, 6.45) is 1.29. The largest absolute Gasteiger partial charge is 0.388 e. The monoisotopic (exact) mass is 253 g/mol. The highest BCUT2D eigenvalue weighted by Crippen LogP contribution is 2.18. The molecule has 1 aromatic rings. The minimum atomic E-state index is -0.510. The quantitative estimate of drug-likeness (QED) is 0.805. The minimum Gasteiger partial charge on any atom is -0.388 e. The molecule has 0 bridgehead atoms. The van der Waals surface area contributed by atoms with Crippen LogP contribution in [0.1, 0.15) is 45.3 Å². The average Bonchev–Trinajstić information content (AvgIpc) is 2.39. The molecule has 0 saturated heterocycles. The molecule has 0 radical (unpaired) electrons. The van der Waals surface area contributed by atoms with Crippen LogP contribution in [-0.4, -0.2) is 29.1 Å². The molecule has 0 spiro atoms. The molecule has 1 N–H and O–H groups in total. The number of nitrogens with zero attached hydrogens (tertiary/aromatic N) is 1. The fraction of sp³-hybridized carbons (Fsp3) is 0.600. The van der Waals surface area contributed by atoms with Crippen LogP contribution >= 0.6 is 0 Å². The number of hydrogen-bond acceptors (Lipinski definition) is 2. The number of benzene rings is 1. The van der Waals surface area contributed by atoms with Gasteiger partial charge in [0.05, 0.1) is 6.10 Å². The van der Waals surface area contributed by atoms with Crippen molar-refractivity contribution in [3.05, 3.63) is 35.6 Å². The zero-order valence-corrected chi connectivity index (χ0v) is 11.6. The molecule has 0 heterocycles. The van der Waals surface area contributed by atoms with Crippen LogP contribution in [0.15, 0.2) is 24.3 Å². The predicted octanol–water partition coefficient (Wildman–Crippen LogP) is 3.37. The Morgan fingerprint density at radius 2 is 1.83 bits per heavy atom. The molecule has 0 aliphatic rings. The van der Waals surface area contributed by atoms with Crippen LogP contribution in [0, 0.1) is 5.82 Å². The molecule has 0 aromatic heterocycles. The molecule has 3 heteroatoms. The van der Waals surface area contributed by atoms with Gasteiger partial charge in [0.25, 0.3) is 0 Å². The Labute approximate surface area is 109 Å². The van der Waals surface area contributed by atoms with Crippen molar-refractivity contribution >= 4 is 0 Å². The molecule has 0 aliphatic heterocycles. The van der Waals surface area contributed by atoms with Crippen LogP contribution in [-0.2, 0) is 0 Å². The molecule has 0 saturated carbocycles. The third-order valence-corrected chi connectivity index (χ3v) is 3.56. The number of rotatable bonds is 7. The maximum atomic E-state index is 12.8.